The number of benzene rings is 1. The molecule has 0 bridgehead atoms. The first-order chi connectivity index (χ1) is 14.7. The molecule has 0 aliphatic carbocycles. The van der Waals surface area contributed by atoms with Gasteiger partial charge in [-0.2, -0.15) is 4.31 Å². The number of carbonyl (C=O) groups excluding carboxylic acids is 2. The second-order valence-electron chi connectivity index (χ2n) is 8.57. The number of amides is 1. The summed E-state index contributed by atoms with van der Waals surface area (Å²) < 4.78 is 38.9. The zero-order chi connectivity index (χ0) is 22.8. The fourth-order valence-electron chi connectivity index (χ4n) is 4.52. The van der Waals surface area contributed by atoms with Gasteiger partial charge in [0.2, 0.25) is 15.9 Å². The predicted octanol–water partition coefficient (Wildman–Crippen LogP) is 2.28. The van der Waals surface area contributed by atoms with E-state index >= 15 is 0 Å². The monoisotopic (exact) mass is 452 g/mol. The number of ether oxygens (including phenoxy) is 2. The third-order valence-electron chi connectivity index (χ3n) is 6.01. The Kier molecular flexibility index (Phi) is 7.26. The van der Waals surface area contributed by atoms with Crippen LogP contribution in [0.25, 0.3) is 0 Å². The van der Waals surface area contributed by atoms with Gasteiger partial charge in [-0.25, -0.2) is 8.42 Å². The Hall–Kier alpha value is -2.13. The van der Waals surface area contributed by atoms with Crippen LogP contribution in [-0.4, -0.2) is 68.4 Å². The maximum absolute atomic E-state index is 13.6. The van der Waals surface area contributed by atoms with Crippen LogP contribution in [0.4, 0.5) is 0 Å². The van der Waals surface area contributed by atoms with E-state index in [2.05, 4.69) is 0 Å². The zero-order valence-corrected chi connectivity index (χ0v) is 19.4. The van der Waals surface area contributed by atoms with Crippen molar-refractivity contribution in [2.45, 2.75) is 57.0 Å². The maximum Gasteiger partial charge on any atom is 0.324 e. The van der Waals surface area contributed by atoms with Crippen molar-refractivity contribution in [1.29, 1.82) is 0 Å². The Morgan fingerprint density at radius 3 is 2.45 bits per heavy atom. The van der Waals surface area contributed by atoms with Crippen LogP contribution in [0.2, 0.25) is 0 Å². The van der Waals surface area contributed by atoms with Crippen molar-refractivity contribution in [3.8, 4) is 5.75 Å². The molecule has 0 spiro atoms. The normalized spacial score (nSPS) is 24.2. The SMILES string of the molecule is CCOC(=O)[C@@H]1C[C@@H]2CCN(C(=O)CC(C)C)C[C@@H]2N1S(=O)(=O)c1ccc(OC)cc1. The quantitative estimate of drug-likeness (QED) is 0.590. The fraction of sp³-hybridized carbons (Fsp3) is 0.636. The summed E-state index contributed by atoms with van der Waals surface area (Å²) >= 11 is 0. The first-order valence-electron chi connectivity index (χ1n) is 10.8. The highest BCUT2D eigenvalue weighted by Gasteiger charge is 2.53. The van der Waals surface area contributed by atoms with Gasteiger partial charge in [0.05, 0.1) is 18.6 Å². The van der Waals surface area contributed by atoms with Crippen LogP contribution in [0.15, 0.2) is 29.2 Å². The lowest BCUT2D eigenvalue weighted by Gasteiger charge is -2.38. The summed E-state index contributed by atoms with van der Waals surface area (Å²) in [6.45, 7) is 6.73. The van der Waals surface area contributed by atoms with Crippen LogP contribution >= 0.6 is 0 Å². The number of fused-ring (bicyclic) bond motifs is 1. The molecule has 0 radical (unpaired) electrons. The average Bonchev–Trinajstić information content (AvgIpc) is 3.13. The molecule has 3 rings (SSSR count). The Bertz CT molecular complexity index is 899. The molecule has 0 saturated carbocycles. The molecule has 3 atom stereocenters. The number of piperidine rings is 1. The van der Waals surface area contributed by atoms with Crippen molar-refractivity contribution in [2.75, 3.05) is 26.8 Å². The number of sulfonamides is 1. The van der Waals surface area contributed by atoms with Crippen molar-refractivity contribution < 1.29 is 27.5 Å². The minimum Gasteiger partial charge on any atom is -0.497 e. The van der Waals surface area contributed by atoms with Gasteiger partial charge in [-0.3, -0.25) is 9.59 Å². The molecule has 0 N–H and O–H groups in total. The molecule has 1 amide bonds. The third-order valence-corrected chi connectivity index (χ3v) is 7.96. The van der Waals surface area contributed by atoms with Gasteiger partial charge in [-0.05, 0) is 55.9 Å². The molecule has 31 heavy (non-hydrogen) atoms. The zero-order valence-electron chi connectivity index (χ0n) is 18.6. The van der Waals surface area contributed by atoms with E-state index in [9.17, 15) is 18.0 Å². The van der Waals surface area contributed by atoms with Crippen LogP contribution in [0.5, 0.6) is 5.75 Å². The molecule has 172 valence electrons. The first-order valence-corrected chi connectivity index (χ1v) is 12.2. The molecule has 2 aliphatic rings. The Morgan fingerprint density at radius 2 is 1.87 bits per heavy atom. The van der Waals surface area contributed by atoms with Crippen molar-refractivity contribution in [3.63, 3.8) is 0 Å². The lowest BCUT2D eigenvalue weighted by atomic mass is 9.91. The number of hydrogen-bond acceptors (Lipinski definition) is 6. The van der Waals surface area contributed by atoms with Gasteiger partial charge in [-0.1, -0.05) is 13.8 Å². The average molecular weight is 453 g/mol. The fourth-order valence-corrected chi connectivity index (χ4v) is 6.35. The Labute approximate surface area is 184 Å². The highest BCUT2D eigenvalue weighted by molar-refractivity contribution is 7.89. The summed E-state index contributed by atoms with van der Waals surface area (Å²) in [7, 11) is -2.47. The van der Waals surface area contributed by atoms with Gasteiger partial charge >= 0.3 is 5.97 Å². The van der Waals surface area contributed by atoms with Crippen LogP contribution in [-0.2, 0) is 24.3 Å². The molecule has 2 saturated heterocycles. The molecule has 1 aromatic rings. The first kappa shape index (κ1) is 23.5. The summed E-state index contributed by atoms with van der Waals surface area (Å²) in [5.41, 5.74) is 0. The van der Waals surface area contributed by atoms with Crippen molar-refractivity contribution in [3.05, 3.63) is 24.3 Å². The smallest absolute Gasteiger partial charge is 0.324 e. The molecular formula is C22H32N2O6S. The summed E-state index contributed by atoms with van der Waals surface area (Å²) in [5.74, 6) is 0.262. The highest BCUT2D eigenvalue weighted by atomic mass is 32.2. The van der Waals surface area contributed by atoms with E-state index in [0.29, 0.717) is 38.1 Å². The van der Waals surface area contributed by atoms with Gasteiger partial charge in [-0.15, -0.1) is 0 Å². The summed E-state index contributed by atoms with van der Waals surface area (Å²) in [6, 6.07) is 4.79. The lowest BCUT2D eigenvalue weighted by molar-refractivity contribution is -0.147. The Balaban J connectivity index is 1.94. The van der Waals surface area contributed by atoms with Gasteiger partial charge < -0.3 is 14.4 Å². The second-order valence-corrected chi connectivity index (χ2v) is 10.4. The molecule has 2 heterocycles. The molecule has 1 aromatic carbocycles. The van der Waals surface area contributed by atoms with Gasteiger partial charge in [0.15, 0.2) is 0 Å². The van der Waals surface area contributed by atoms with Crippen molar-refractivity contribution in [1.82, 2.24) is 9.21 Å². The van der Waals surface area contributed by atoms with E-state index in [4.69, 9.17) is 9.47 Å². The number of likely N-dealkylation sites (tertiary alicyclic amines) is 1. The standard InChI is InChI=1S/C22H32N2O6S/c1-5-30-22(26)19-13-16-10-11-23(21(25)12-15(2)3)14-20(16)24(19)31(27,28)18-8-6-17(29-4)7-9-18/h6-9,15-16,19-20H,5,10-14H2,1-4H3/t16-,19-,20-/m0/s1. The third kappa shape index (κ3) is 4.87. The van der Waals surface area contributed by atoms with Gasteiger partial charge in [0.1, 0.15) is 11.8 Å². The molecular weight excluding hydrogens is 420 g/mol. The van der Waals surface area contributed by atoms with E-state index in [-0.39, 0.29) is 29.2 Å². The predicted molar refractivity (Wildman–Crippen MR) is 115 cm³/mol. The van der Waals surface area contributed by atoms with Gasteiger partial charge in [0.25, 0.3) is 0 Å². The van der Waals surface area contributed by atoms with E-state index in [0.717, 1.165) is 0 Å². The summed E-state index contributed by atoms with van der Waals surface area (Å²) in [5, 5.41) is 0. The highest BCUT2D eigenvalue weighted by Crippen LogP contribution is 2.40. The number of carbonyl (C=O) groups is 2. The molecule has 2 aliphatic heterocycles. The summed E-state index contributed by atoms with van der Waals surface area (Å²) in [6.07, 6.45) is 1.49. The van der Waals surface area contributed by atoms with Crippen LogP contribution in [0.1, 0.15) is 40.0 Å². The van der Waals surface area contributed by atoms with E-state index in [1.54, 1.807) is 24.0 Å². The minimum absolute atomic E-state index is 0.00512. The van der Waals surface area contributed by atoms with E-state index < -0.39 is 28.1 Å². The van der Waals surface area contributed by atoms with Crippen LogP contribution < -0.4 is 4.74 Å². The van der Waals surface area contributed by atoms with Gasteiger partial charge in [0, 0.05) is 25.6 Å². The number of hydrogen-bond donors (Lipinski definition) is 0. The maximum atomic E-state index is 13.6. The molecule has 0 aromatic heterocycles. The topological polar surface area (TPSA) is 93.2 Å². The number of nitrogens with zero attached hydrogens (tertiary/aromatic N) is 2. The lowest BCUT2D eigenvalue weighted by Crippen LogP contribution is -2.54. The minimum atomic E-state index is -3.98. The molecule has 8 nitrogen and oxygen atoms in total. The largest absolute Gasteiger partial charge is 0.497 e. The second kappa shape index (κ2) is 9.56. The Morgan fingerprint density at radius 1 is 1.19 bits per heavy atom. The molecule has 0 unspecified atom stereocenters. The molecule has 9 heteroatoms. The van der Waals surface area contributed by atoms with Crippen molar-refractivity contribution >= 4 is 21.9 Å². The number of methoxy groups -OCH3 is 1. The number of rotatable bonds is 7. The van der Waals surface area contributed by atoms with E-state index in [1.165, 1.54) is 23.5 Å². The van der Waals surface area contributed by atoms with Crippen molar-refractivity contribution in [2.24, 2.45) is 11.8 Å². The van der Waals surface area contributed by atoms with Crippen LogP contribution in [0, 0.1) is 11.8 Å². The number of esters is 1. The van der Waals surface area contributed by atoms with E-state index in [1.807, 2.05) is 13.8 Å². The summed E-state index contributed by atoms with van der Waals surface area (Å²) in [4.78, 5) is 27.2. The van der Waals surface area contributed by atoms with Crippen LogP contribution in [0.3, 0.4) is 0 Å². The molecule has 2 fully saturated rings.